The molecule has 2 nitrogen and oxygen atoms in total. The molecule has 0 fully saturated rings. The summed E-state index contributed by atoms with van der Waals surface area (Å²) < 4.78 is 37.1. The van der Waals surface area contributed by atoms with E-state index in [9.17, 15) is 18.0 Å². The van der Waals surface area contributed by atoms with Crippen molar-refractivity contribution in [3.05, 3.63) is 58.7 Å². The molecule has 0 aliphatic heterocycles. The first kappa shape index (κ1) is 14.9. The molecular weight excluding hydrogens is 311 g/mol. The summed E-state index contributed by atoms with van der Waals surface area (Å²) in [5.41, 5.74) is -0.443. The van der Waals surface area contributed by atoms with Gasteiger partial charge in [0, 0.05) is 16.8 Å². The zero-order chi connectivity index (χ0) is 14.8. The molecule has 0 aliphatic carbocycles. The number of alkyl halides is 3. The van der Waals surface area contributed by atoms with Crippen LogP contribution in [-0.4, -0.2) is 10.1 Å². The van der Waals surface area contributed by atoms with Crippen molar-refractivity contribution < 1.29 is 18.0 Å². The van der Waals surface area contributed by atoms with Crippen LogP contribution in [0.3, 0.4) is 0 Å². The third-order valence-corrected chi connectivity index (χ3v) is 3.46. The third kappa shape index (κ3) is 3.74. The fraction of sp³-hybridized carbons (Fsp3) is 0.0769. The predicted molar refractivity (Wildman–Crippen MR) is 70.9 cm³/mol. The molecule has 0 amide bonds. The van der Waals surface area contributed by atoms with Gasteiger partial charge in [-0.2, -0.15) is 13.2 Å². The molecule has 0 saturated carbocycles. The number of hydrogen-bond acceptors (Lipinski definition) is 3. The first-order valence-electron chi connectivity index (χ1n) is 5.37. The molecule has 2 aromatic rings. The fourth-order valence-electron chi connectivity index (χ4n) is 1.35. The minimum absolute atomic E-state index is 0.206. The molecular formula is C13H7ClF3NOS. The fourth-order valence-corrected chi connectivity index (χ4v) is 2.16. The molecule has 2 rings (SSSR count). The lowest BCUT2D eigenvalue weighted by Gasteiger charge is -2.06. The summed E-state index contributed by atoms with van der Waals surface area (Å²) in [6, 6.07) is 8.28. The molecule has 1 aromatic carbocycles. The maximum Gasteiger partial charge on any atom is 0.417 e. The van der Waals surface area contributed by atoms with E-state index < -0.39 is 11.7 Å². The van der Waals surface area contributed by atoms with Gasteiger partial charge in [-0.15, -0.1) is 0 Å². The number of halogens is 4. The first-order chi connectivity index (χ1) is 9.36. The zero-order valence-electron chi connectivity index (χ0n) is 9.82. The summed E-state index contributed by atoms with van der Waals surface area (Å²) in [5.74, 6) is 0. The van der Waals surface area contributed by atoms with E-state index >= 15 is 0 Å². The Kier molecular flexibility index (Phi) is 4.35. The summed E-state index contributed by atoms with van der Waals surface area (Å²) in [7, 11) is 0. The van der Waals surface area contributed by atoms with Crippen LogP contribution in [0.4, 0.5) is 13.2 Å². The average molecular weight is 318 g/mol. The van der Waals surface area contributed by atoms with Crippen molar-refractivity contribution in [2.45, 2.75) is 11.2 Å². The number of thioether (sulfide) groups is 1. The minimum Gasteiger partial charge on any atom is -0.281 e. The Labute approximate surface area is 122 Å². The van der Waals surface area contributed by atoms with Crippen LogP contribution in [-0.2, 0) is 6.18 Å². The molecule has 7 heteroatoms. The van der Waals surface area contributed by atoms with E-state index in [-0.39, 0.29) is 10.1 Å². The van der Waals surface area contributed by atoms with Crippen LogP contribution in [0.2, 0.25) is 5.02 Å². The molecule has 20 heavy (non-hydrogen) atoms. The van der Waals surface area contributed by atoms with Gasteiger partial charge >= 0.3 is 6.18 Å². The second kappa shape index (κ2) is 5.85. The SMILES string of the molecule is O=C(Sc1ccc(C(F)(F)F)cn1)c1ccc(Cl)cc1. The average Bonchev–Trinajstić information content (AvgIpc) is 2.39. The Bertz CT molecular complexity index is 611. The Morgan fingerprint density at radius 2 is 1.75 bits per heavy atom. The highest BCUT2D eigenvalue weighted by Gasteiger charge is 2.30. The number of carbonyl (C=O) groups is 1. The van der Waals surface area contributed by atoms with Crippen molar-refractivity contribution in [3.8, 4) is 0 Å². The topological polar surface area (TPSA) is 30.0 Å². The van der Waals surface area contributed by atoms with E-state index in [0.717, 1.165) is 17.8 Å². The Balaban J connectivity index is 2.10. The molecule has 104 valence electrons. The standard InChI is InChI=1S/C13H7ClF3NOS/c14-10-4-1-8(2-5-10)12(19)20-11-6-3-9(7-18-11)13(15,16)17/h1-7H. The van der Waals surface area contributed by atoms with Crippen molar-refractivity contribution >= 4 is 28.5 Å². The van der Waals surface area contributed by atoms with Gasteiger partial charge in [0.15, 0.2) is 0 Å². The molecule has 0 spiro atoms. The van der Waals surface area contributed by atoms with Crippen molar-refractivity contribution in [2.24, 2.45) is 0 Å². The van der Waals surface area contributed by atoms with Gasteiger partial charge in [0.2, 0.25) is 5.12 Å². The second-order valence-corrected chi connectivity index (χ2v) is 5.21. The van der Waals surface area contributed by atoms with E-state index in [1.807, 2.05) is 0 Å². The maximum absolute atomic E-state index is 12.4. The van der Waals surface area contributed by atoms with Crippen molar-refractivity contribution in [2.75, 3.05) is 0 Å². The third-order valence-electron chi connectivity index (χ3n) is 2.34. The van der Waals surface area contributed by atoms with E-state index in [0.29, 0.717) is 16.8 Å². The smallest absolute Gasteiger partial charge is 0.281 e. The van der Waals surface area contributed by atoms with Crippen LogP contribution in [0.15, 0.2) is 47.6 Å². The van der Waals surface area contributed by atoms with Gasteiger partial charge in [-0.1, -0.05) is 11.6 Å². The Hall–Kier alpha value is -1.53. The number of pyridine rings is 1. The van der Waals surface area contributed by atoms with Gasteiger partial charge in [-0.05, 0) is 48.2 Å². The van der Waals surface area contributed by atoms with E-state index in [1.54, 1.807) is 24.3 Å². The molecule has 0 saturated heterocycles. The Morgan fingerprint density at radius 1 is 1.10 bits per heavy atom. The van der Waals surface area contributed by atoms with E-state index in [4.69, 9.17) is 11.6 Å². The summed E-state index contributed by atoms with van der Waals surface area (Å²) >= 11 is 6.46. The Morgan fingerprint density at radius 3 is 2.25 bits per heavy atom. The van der Waals surface area contributed by atoms with Crippen LogP contribution in [0.25, 0.3) is 0 Å². The van der Waals surface area contributed by atoms with Crippen molar-refractivity contribution in [1.29, 1.82) is 0 Å². The van der Waals surface area contributed by atoms with Gasteiger partial charge < -0.3 is 0 Å². The highest BCUT2D eigenvalue weighted by molar-refractivity contribution is 8.14. The molecule has 0 aliphatic rings. The summed E-state index contributed by atoms with van der Waals surface area (Å²) in [6.07, 6.45) is -3.73. The molecule has 0 unspecified atom stereocenters. The quantitative estimate of drug-likeness (QED) is 0.753. The molecule has 0 radical (unpaired) electrons. The lowest BCUT2D eigenvalue weighted by atomic mass is 10.2. The van der Waals surface area contributed by atoms with Crippen molar-refractivity contribution in [3.63, 3.8) is 0 Å². The molecule has 0 N–H and O–H groups in total. The molecule has 0 bridgehead atoms. The summed E-state index contributed by atoms with van der Waals surface area (Å²) in [5, 5.41) is 0.395. The summed E-state index contributed by atoms with van der Waals surface area (Å²) in [4.78, 5) is 15.5. The number of benzene rings is 1. The highest BCUT2D eigenvalue weighted by atomic mass is 35.5. The number of nitrogens with zero attached hydrogens (tertiary/aromatic N) is 1. The number of aromatic nitrogens is 1. The van der Waals surface area contributed by atoms with Gasteiger partial charge in [0.25, 0.3) is 0 Å². The van der Waals surface area contributed by atoms with Gasteiger partial charge in [0.1, 0.15) is 5.03 Å². The monoisotopic (exact) mass is 317 g/mol. The molecule has 1 heterocycles. The second-order valence-electron chi connectivity index (χ2n) is 3.78. The van der Waals surface area contributed by atoms with Crippen LogP contribution in [0.1, 0.15) is 15.9 Å². The van der Waals surface area contributed by atoms with Crippen LogP contribution in [0, 0.1) is 0 Å². The lowest BCUT2D eigenvalue weighted by molar-refractivity contribution is -0.137. The lowest BCUT2D eigenvalue weighted by Crippen LogP contribution is -2.05. The van der Waals surface area contributed by atoms with Gasteiger partial charge in [-0.25, -0.2) is 4.98 Å². The van der Waals surface area contributed by atoms with Crippen molar-refractivity contribution in [1.82, 2.24) is 4.98 Å². The van der Waals surface area contributed by atoms with Crippen LogP contribution in [0.5, 0.6) is 0 Å². The first-order valence-corrected chi connectivity index (χ1v) is 6.57. The normalized spacial score (nSPS) is 11.4. The zero-order valence-corrected chi connectivity index (χ0v) is 11.4. The van der Waals surface area contributed by atoms with Crippen LogP contribution < -0.4 is 0 Å². The molecule has 1 aromatic heterocycles. The number of carbonyl (C=O) groups excluding carboxylic acids is 1. The highest BCUT2D eigenvalue weighted by Crippen LogP contribution is 2.30. The van der Waals surface area contributed by atoms with Gasteiger partial charge in [0.05, 0.1) is 5.56 Å². The number of hydrogen-bond donors (Lipinski definition) is 0. The number of rotatable bonds is 2. The summed E-state index contributed by atoms with van der Waals surface area (Å²) in [6.45, 7) is 0. The maximum atomic E-state index is 12.4. The van der Waals surface area contributed by atoms with E-state index in [2.05, 4.69) is 4.98 Å². The minimum atomic E-state index is -4.43. The predicted octanol–water partition coefficient (Wildman–Crippen LogP) is 4.69. The van der Waals surface area contributed by atoms with E-state index in [1.165, 1.54) is 6.07 Å². The van der Waals surface area contributed by atoms with Crippen LogP contribution >= 0.6 is 23.4 Å². The van der Waals surface area contributed by atoms with Gasteiger partial charge in [-0.3, -0.25) is 4.79 Å². The largest absolute Gasteiger partial charge is 0.417 e. The molecule has 0 atom stereocenters.